The fourth-order valence-corrected chi connectivity index (χ4v) is 1.92. The Morgan fingerprint density at radius 1 is 1.50 bits per heavy atom. The van der Waals surface area contributed by atoms with E-state index < -0.39 is 0 Å². The van der Waals surface area contributed by atoms with E-state index in [4.69, 9.17) is 4.74 Å². The van der Waals surface area contributed by atoms with E-state index in [1.165, 1.54) is 6.42 Å². The Balaban J connectivity index is 1.77. The molecule has 2 heterocycles. The van der Waals surface area contributed by atoms with Gasteiger partial charge in [-0.05, 0) is 18.8 Å². The van der Waals surface area contributed by atoms with Gasteiger partial charge in [0.05, 0.1) is 0 Å². The molecular weight excluding hydrogens is 180 g/mol. The summed E-state index contributed by atoms with van der Waals surface area (Å²) in [7, 11) is 0. The normalized spacial score (nSPS) is 28.4. The quantitative estimate of drug-likeness (QED) is 0.678. The van der Waals surface area contributed by atoms with Crippen LogP contribution in [0.15, 0.2) is 0 Å². The summed E-state index contributed by atoms with van der Waals surface area (Å²) < 4.78 is 5.30. The maximum absolute atomic E-state index is 11.6. The lowest BCUT2D eigenvalue weighted by Crippen LogP contribution is -2.52. The van der Waals surface area contributed by atoms with Gasteiger partial charge in [0.15, 0.2) is 0 Å². The highest BCUT2D eigenvalue weighted by molar-refractivity contribution is 5.68. The van der Waals surface area contributed by atoms with Crippen LogP contribution in [0, 0.1) is 5.92 Å². The van der Waals surface area contributed by atoms with Gasteiger partial charge in [0.1, 0.15) is 6.10 Å². The number of nitrogens with zero attached hydrogens (tertiary/aromatic N) is 1. The monoisotopic (exact) mass is 198 g/mol. The van der Waals surface area contributed by atoms with Crippen molar-refractivity contribution in [3.63, 3.8) is 0 Å². The van der Waals surface area contributed by atoms with Crippen molar-refractivity contribution >= 4 is 6.09 Å². The molecule has 0 aromatic heterocycles. The van der Waals surface area contributed by atoms with Gasteiger partial charge in [0, 0.05) is 26.2 Å². The number of amides is 1. The summed E-state index contributed by atoms with van der Waals surface area (Å²) in [5.74, 6) is 0.621. The molecule has 0 bridgehead atoms. The summed E-state index contributed by atoms with van der Waals surface area (Å²) in [4.78, 5) is 13.5. The number of likely N-dealkylation sites (tertiary alicyclic amines) is 1. The lowest BCUT2D eigenvalue weighted by molar-refractivity contribution is 0.0308. The van der Waals surface area contributed by atoms with E-state index in [2.05, 4.69) is 12.2 Å². The van der Waals surface area contributed by atoms with Crippen LogP contribution in [0.4, 0.5) is 4.79 Å². The predicted molar refractivity (Wildman–Crippen MR) is 53.1 cm³/mol. The second-order valence-electron chi connectivity index (χ2n) is 4.36. The molecule has 0 radical (unpaired) electrons. The number of rotatable bonds is 1. The molecule has 2 saturated heterocycles. The zero-order valence-electron chi connectivity index (χ0n) is 8.66. The SMILES string of the molecule is CC1CCCN(C(=O)OC2CNC2)C1. The Morgan fingerprint density at radius 3 is 2.86 bits per heavy atom. The van der Waals surface area contributed by atoms with Crippen LogP contribution in [-0.2, 0) is 4.74 Å². The molecule has 4 heteroatoms. The molecule has 2 rings (SSSR count). The molecule has 1 N–H and O–H groups in total. The fraction of sp³-hybridized carbons (Fsp3) is 0.900. The molecule has 0 aromatic carbocycles. The molecule has 0 saturated carbocycles. The van der Waals surface area contributed by atoms with Crippen LogP contribution in [0.25, 0.3) is 0 Å². The minimum Gasteiger partial charge on any atom is -0.443 e. The first kappa shape index (κ1) is 9.77. The Bertz CT molecular complexity index is 216. The molecule has 1 unspecified atom stereocenters. The maximum atomic E-state index is 11.6. The third-order valence-corrected chi connectivity index (χ3v) is 2.93. The second-order valence-corrected chi connectivity index (χ2v) is 4.36. The second kappa shape index (κ2) is 4.17. The van der Waals surface area contributed by atoms with Crippen LogP contribution in [0.3, 0.4) is 0 Å². The highest BCUT2D eigenvalue weighted by atomic mass is 16.6. The van der Waals surface area contributed by atoms with Gasteiger partial charge >= 0.3 is 6.09 Å². The molecule has 0 aliphatic carbocycles. The Hall–Kier alpha value is -0.770. The third kappa shape index (κ3) is 2.18. The minimum absolute atomic E-state index is 0.111. The number of nitrogens with one attached hydrogen (secondary N) is 1. The van der Waals surface area contributed by atoms with Gasteiger partial charge in [-0.25, -0.2) is 4.79 Å². The number of hydrogen-bond donors (Lipinski definition) is 1. The van der Waals surface area contributed by atoms with E-state index in [0.717, 1.165) is 32.6 Å². The number of carbonyl (C=O) groups is 1. The highest BCUT2D eigenvalue weighted by Gasteiger charge is 2.26. The van der Waals surface area contributed by atoms with Crippen LogP contribution < -0.4 is 5.32 Å². The van der Waals surface area contributed by atoms with Crippen molar-refractivity contribution < 1.29 is 9.53 Å². The summed E-state index contributed by atoms with van der Waals surface area (Å²) in [5.41, 5.74) is 0. The molecule has 0 aromatic rings. The first-order chi connectivity index (χ1) is 6.75. The van der Waals surface area contributed by atoms with Gasteiger partial charge in [0.2, 0.25) is 0 Å². The summed E-state index contributed by atoms with van der Waals surface area (Å²) in [6.07, 6.45) is 2.33. The summed E-state index contributed by atoms with van der Waals surface area (Å²) in [5, 5.41) is 3.08. The van der Waals surface area contributed by atoms with Gasteiger partial charge in [-0.15, -0.1) is 0 Å². The van der Waals surface area contributed by atoms with Gasteiger partial charge in [-0.2, -0.15) is 0 Å². The largest absolute Gasteiger partial charge is 0.443 e. The predicted octanol–water partition coefficient (Wildman–Crippen LogP) is 0.827. The van der Waals surface area contributed by atoms with Crippen molar-refractivity contribution in [3.05, 3.63) is 0 Å². The average Bonchev–Trinajstić information content (AvgIpc) is 2.11. The standard InChI is InChI=1S/C10H18N2O2/c1-8-3-2-4-12(7-8)10(13)14-9-5-11-6-9/h8-9,11H,2-7H2,1H3. The van der Waals surface area contributed by atoms with Crippen molar-refractivity contribution in [2.75, 3.05) is 26.2 Å². The molecule has 4 nitrogen and oxygen atoms in total. The molecule has 1 amide bonds. The number of ether oxygens (including phenoxy) is 1. The molecular formula is C10H18N2O2. The summed E-state index contributed by atoms with van der Waals surface area (Å²) in [6, 6.07) is 0. The van der Waals surface area contributed by atoms with Crippen molar-refractivity contribution in [1.82, 2.24) is 10.2 Å². The topological polar surface area (TPSA) is 41.6 Å². The Labute approximate surface area is 84.6 Å². The number of hydrogen-bond acceptors (Lipinski definition) is 3. The van der Waals surface area contributed by atoms with Crippen LogP contribution in [0.1, 0.15) is 19.8 Å². The van der Waals surface area contributed by atoms with E-state index in [0.29, 0.717) is 5.92 Å². The van der Waals surface area contributed by atoms with E-state index >= 15 is 0 Å². The van der Waals surface area contributed by atoms with Crippen LogP contribution in [0.5, 0.6) is 0 Å². The van der Waals surface area contributed by atoms with Gasteiger partial charge < -0.3 is 15.0 Å². The Morgan fingerprint density at radius 2 is 2.29 bits per heavy atom. The summed E-state index contributed by atoms with van der Waals surface area (Å²) in [6.45, 7) is 5.54. The molecule has 14 heavy (non-hydrogen) atoms. The zero-order valence-corrected chi connectivity index (χ0v) is 8.66. The zero-order chi connectivity index (χ0) is 9.97. The maximum Gasteiger partial charge on any atom is 0.410 e. The average molecular weight is 198 g/mol. The minimum atomic E-state index is -0.122. The van der Waals surface area contributed by atoms with E-state index in [9.17, 15) is 4.79 Å². The van der Waals surface area contributed by atoms with Gasteiger partial charge in [0.25, 0.3) is 0 Å². The summed E-state index contributed by atoms with van der Waals surface area (Å²) >= 11 is 0. The smallest absolute Gasteiger partial charge is 0.410 e. The van der Waals surface area contributed by atoms with Crippen molar-refractivity contribution in [2.24, 2.45) is 5.92 Å². The molecule has 2 aliphatic rings. The molecule has 1 atom stereocenters. The van der Waals surface area contributed by atoms with Crippen LogP contribution in [-0.4, -0.2) is 43.3 Å². The lowest BCUT2D eigenvalue weighted by atomic mass is 10.0. The number of carbonyl (C=O) groups excluding carboxylic acids is 1. The van der Waals surface area contributed by atoms with Crippen molar-refractivity contribution in [1.29, 1.82) is 0 Å². The highest BCUT2D eigenvalue weighted by Crippen LogP contribution is 2.16. The fourth-order valence-electron chi connectivity index (χ4n) is 1.92. The van der Waals surface area contributed by atoms with Crippen molar-refractivity contribution in [2.45, 2.75) is 25.9 Å². The molecule has 2 aliphatic heterocycles. The van der Waals surface area contributed by atoms with Gasteiger partial charge in [-0.1, -0.05) is 6.92 Å². The third-order valence-electron chi connectivity index (χ3n) is 2.93. The number of piperidine rings is 1. The van der Waals surface area contributed by atoms with Gasteiger partial charge in [-0.3, -0.25) is 0 Å². The Kier molecular flexibility index (Phi) is 2.91. The van der Waals surface area contributed by atoms with E-state index in [-0.39, 0.29) is 12.2 Å². The van der Waals surface area contributed by atoms with Crippen LogP contribution >= 0.6 is 0 Å². The van der Waals surface area contributed by atoms with E-state index in [1.54, 1.807) is 0 Å². The molecule has 0 spiro atoms. The molecule has 2 fully saturated rings. The van der Waals surface area contributed by atoms with E-state index in [1.807, 2.05) is 4.90 Å². The first-order valence-electron chi connectivity index (χ1n) is 5.42. The van der Waals surface area contributed by atoms with Crippen molar-refractivity contribution in [3.8, 4) is 0 Å². The first-order valence-corrected chi connectivity index (χ1v) is 5.42. The lowest BCUT2D eigenvalue weighted by Gasteiger charge is -2.33. The van der Waals surface area contributed by atoms with Crippen LogP contribution in [0.2, 0.25) is 0 Å². The molecule has 80 valence electrons.